The molecule has 1 aliphatic heterocycles. The van der Waals surface area contributed by atoms with Gasteiger partial charge in [-0.25, -0.2) is 4.79 Å². The lowest BCUT2D eigenvalue weighted by molar-refractivity contribution is -0.131. The lowest BCUT2D eigenvalue weighted by atomic mass is 10.1. The molecule has 0 radical (unpaired) electrons. The van der Waals surface area contributed by atoms with E-state index < -0.39 is 23.1 Å². The Kier molecular flexibility index (Phi) is 2.81. The number of rotatable bonds is 2. The van der Waals surface area contributed by atoms with E-state index in [0.717, 1.165) is 0 Å². The number of carbonyl (C=O) groups excluding carboxylic acids is 1. The molecule has 0 amide bonds. The van der Waals surface area contributed by atoms with Crippen molar-refractivity contribution in [2.75, 3.05) is 13.2 Å². The number of ether oxygens (including phenoxy) is 2. The van der Waals surface area contributed by atoms with Gasteiger partial charge in [0.1, 0.15) is 19.0 Å². The quantitative estimate of drug-likeness (QED) is 0.609. The molecule has 0 aromatic heterocycles. The van der Waals surface area contributed by atoms with Gasteiger partial charge in [-0.15, -0.1) is 0 Å². The molecule has 1 heterocycles. The average Bonchev–Trinajstić information content (AvgIpc) is 2.30. The van der Waals surface area contributed by atoms with Gasteiger partial charge in [-0.3, -0.25) is 4.79 Å². The number of aromatic hydroxyl groups is 1. The first-order valence-electron chi connectivity index (χ1n) is 4.61. The maximum atomic E-state index is 11.5. The van der Waals surface area contributed by atoms with Crippen LogP contribution in [-0.2, 0) is 4.79 Å². The van der Waals surface area contributed by atoms with Crippen LogP contribution < -0.4 is 9.47 Å². The van der Waals surface area contributed by atoms with E-state index in [-0.39, 0.29) is 29.7 Å². The SMILES string of the molecule is O=C(O)C(=O)c1c(Cl)c(O)cc2c1OCCO2. The van der Waals surface area contributed by atoms with Gasteiger partial charge in [0.15, 0.2) is 11.5 Å². The fraction of sp³-hybridized carbons (Fsp3) is 0.200. The van der Waals surface area contributed by atoms with Crippen molar-refractivity contribution in [3.05, 3.63) is 16.7 Å². The summed E-state index contributed by atoms with van der Waals surface area (Å²) in [4.78, 5) is 22.1. The number of hydrogen-bond acceptors (Lipinski definition) is 5. The second-order valence-electron chi connectivity index (χ2n) is 3.24. The molecule has 1 aliphatic rings. The van der Waals surface area contributed by atoms with E-state index in [1.54, 1.807) is 0 Å². The smallest absolute Gasteiger partial charge is 0.377 e. The normalized spacial score (nSPS) is 13.2. The molecule has 90 valence electrons. The van der Waals surface area contributed by atoms with Crippen LogP contribution >= 0.6 is 11.6 Å². The maximum absolute atomic E-state index is 11.5. The zero-order valence-corrected chi connectivity index (χ0v) is 9.15. The minimum atomic E-state index is -1.69. The second-order valence-corrected chi connectivity index (χ2v) is 3.62. The lowest BCUT2D eigenvalue weighted by Crippen LogP contribution is -2.21. The third kappa shape index (κ3) is 1.87. The number of benzene rings is 1. The van der Waals surface area contributed by atoms with Crippen molar-refractivity contribution >= 4 is 23.4 Å². The molecule has 1 aromatic carbocycles. The zero-order chi connectivity index (χ0) is 12.6. The Bertz CT molecular complexity index is 510. The van der Waals surface area contributed by atoms with Crippen LogP contribution in [0.15, 0.2) is 6.07 Å². The number of carbonyl (C=O) groups is 2. The Morgan fingerprint density at radius 1 is 1.29 bits per heavy atom. The Labute approximate surface area is 100 Å². The second kappa shape index (κ2) is 4.14. The zero-order valence-electron chi connectivity index (χ0n) is 8.40. The number of Topliss-reactive ketones (excluding diaryl/α,β-unsaturated/α-hetero) is 1. The highest BCUT2D eigenvalue weighted by Crippen LogP contribution is 2.43. The summed E-state index contributed by atoms with van der Waals surface area (Å²) in [5, 5.41) is 17.8. The summed E-state index contributed by atoms with van der Waals surface area (Å²) in [6.07, 6.45) is 0. The van der Waals surface area contributed by atoms with Gasteiger partial charge in [-0.05, 0) is 0 Å². The van der Waals surface area contributed by atoms with Gasteiger partial charge in [0.05, 0.1) is 10.6 Å². The first kappa shape index (κ1) is 11.5. The highest BCUT2D eigenvalue weighted by Gasteiger charge is 2.30. The van der Waals surface area contributed by atoms with E-state index in [2.05, 4.69) is 0 Å². The van der Waals surface area contributed by atoms with Crippen molar-refractivity contribution in [3.8, 4) is 17.2 Å². The highest BCUT2D eigenvalue weighted by molar-refractivity contribution is 6.46. The molecule has 0 bridgehead atoms. The molecule has 2 N–H and O–H groups in total. The molecule has 0 spiro atoms. The summed E-state index contributed by atoms with van der Waals surface area (Å²) in [6.45, 7) is 0.419. The first-order chi connectivity index (χ1) is 8.02. The number of phenolic OH excluding ortho intramolecular Hbond substituents is 1. The first-order valence-corrected chi connectivity index (χ1v) is 4.99. The van der Waals surface area contributed by atoms with Gasteiger partial charge in [-0.1, -0.05) is 11.6 Å². The summed E-state index contributed by atoms with van der Waals surface area (Å²) in [5.41, 5.74) is -0.395. The van der Waals surface area contributed by atoms with Crippen molar-refractivity contribution in [2.24, 2.45) is 0 Å². The van der Waals surface area contributed by atoms with Gasteiger partial charge >= 0.3 is 5.97 Å². The van der Waals surface area contributed by atoms with Crippen molar-refractivity contribution in [1.29, 1.82) is 0 Å². The van der Waals surface area contributed by atoms with Gasteiger partial charge < -0.3 is 19.7 Å². The molecule has 0 saturated carbocycles. The monoisotopic (exact) mass is 258 g/mol. The van der Waals surface area contributed by atoms with E-state index in [9.17, 15) is 14.7 Å². The summed E-state index contributed by atoms with van der Waals surface area (Å²) in [5.74, 6) is -3.32. The third-order valence-electron chi connectivity index (χ3n) is 2.17. The Balaban J connectivity index is 2.66. The number of phenols is 1. The molecule has 17 heavy (non-hydrogen) atoms. The van der Waals surface area contributed by atoms with Crippen LogP contribution in [0.2, 0.25) is 5.02 Å². The molecule has 6 nitrogen and oxygen atoms in total. The van der Waals surface area contributed by atoms with Crippen LogP contribution in [0.1, 0.15) is 10.4 Å². The highest BCUT2D eigenvalue weighted by atomic mass is 35.5. The van der Waals surface area contributed by atoms with Crippen molar-refractivity contribution < 1.29 is 29.3 Å². The number of ketones is 1. The fourth-order valence-electron chi connectivity index (χ4n) is 1.46. The number of carboxylic acids is 1. The standard InChI is InChI=1S/C10H7ClO6/c11-7-4(12)3-5-9(17-2-1-16-5)6(7)8(13)10(14)15/h3,12H,1-2H2,(H,14,15). The summed E-state index contributed by atoms with van der Waals surface area (Å²) in [7, 11) is 0. The molecule has 0 unspecified atom stereocenters. The van der Waals surface area contributed by atoms with Crippen LogP contribution in [-0.4, -0.2) is 35.2 Å². The molecule has 0 fully saturated rings. The minimum Gasteiger partial charge on any atom is -0.506 e. The van der Waals surface area contributed by atoms with Gasteiger partial charge in [0.25, 0.3) is 5.78 Å². The van der Waals surface area contributed by atoms with E-state index in [1.165, 1.54) is 6.07 Å². The molecule has 0 saturated heterocycles. The number of fused-ring (bicyclic) bond motifs is 1. The lowest BCUT2D eigenvalue weighted by Gasteiger charge is -2.21. The van der Waals surface area contributed by atoms with Gasteiger partial charge in [0.2, 0.25) is 0 Å². The van der Waals surface area contributed by atoms with E-state index in [4.69, 9.17) is 26.2 Å². The molecular weight excluding hydrogens is 252 g/mol. The largest absolute Gasteiger partial charge is 0.506 e. The van der Waals surface area contributed by atoms with Crippen LogP contribution in [0.3, 0.4) is 0 Å². The van der Waals surface area contributed by atoms with Crippen molar-refractivity contribution in [3.63, 3.8) is 0 Å². The summed E-state index contributed by atoms with van der Waals surface area (Å²) in [6, 6.07) is 1.18. The van der Waals surface area contributed by atoms with Crippen LogP contribution in [0, 0.1) is 0 Å². The van der Waals surface area contributed by atoms with Gasteiger partial charge in [0, 0.05) is 6.07 Å². The molecular formula is C10H7ClO6. The number of halogens is 1. The molecule has 1 aromatic rings. The fourth-order valence-corrected chi connectivity index (χ4v) is 1.69. The van der Waals surface area contributed by atoms with Crippen molar-refractivity contribution in [1.82, 2.24) is 0 Å². The van der Waals surface area contributed by atoms with Crippen LogP contribution in [0.25, 0.3) is 0 Å². The molecule has 2 rings (SSSR count). The molecule has 0 aliphatic carbocycles. The van der Waals surface area contributed by atoms with E-state index in [0.29, 0.717) is 0 Å². The predicted molar refractivity (Wildman–Crippen MR) is 56.1 cm³/mol. The summed E-state index contributed by atoms with van der Waals surface area (Å²) < 4.78 is 10.3. The predicted octanol–water partition coefficient (Wildman–Crippen LogP) is 1.08. The minimum absolute atomic E-state index is 0.0496. The van der Waals surface area contributed by atoms with E-state index in [1.807, 2.05) is 0 Å². The van der Waals surface area contributed by atoms with Crippen molar-refractivity contribution in [2.45, 2.75) is 0 Å². The van der Waals surface area contributed by atoms with E-state index >= 15 is 0 Å². The van der Waals surface area contributed by atoms with Crippen LogP contribution in [0.4, 0.5) is 0 Å². The third-order valence-corrected chi connectivity index (χ3v) is 2.55. The Morgan fingerprint density at radius 2 is 1.94 bits per heavy atom. The maximum Gasteiger partial charge on any atom is 0.377 e. The van der Waals surface area contributed by atoms with Gasteiger partial charge in [-0.2, -0.15) is 0 Å². The Morgan fingerprint density at radius 3 is 2.59 bits per heavy atom. The number of carboxylic acid groups (broad SMARTS) is 1. The topological polar surface area (TPSA) is 93.1 Å². The average molecular weight is 259 g/mol. The van der Waals surface area contributed by atoms with Crippen LogP contribution in [0.5, 0.6) is 17.2 Å². The number of hydrogen-bond donors (Lipinski definition) is 2. The molecule has 7 heteroatoms. The molecule has 0 atom stereocenters. The Hall–Kier alpha value is -1.95. The summed E-state index contributed by atoms with van der Waals surface area (Å²) >= 11 is 5.70. The number of aliphatic carboxylic acids is 1.